The molecule has 6 heteroatoms. The Morgan fingerprint density at radius 2 is 1.78 bits per heavy atom. The van der Waals surface area contributed by atoms with Crippen molar-refractivity contribution in [2.45, 2.75) is 25.7 Å². The highest BCUT2D eigenvalue weighted by atomic mass is 35.5. The van der Waals surface area contributed by atoms with Crippen LogP contribution in [0.5, 0.6) is 0 Å². The number of carbonyl (C=O) groups excluding carboxylic acids is 1. The zero-order valence-corrected chi connectivity index (χ0v) is 16.1. The van der Waals surface area contributed by atoms with E-state index in [0.717, 1.165) is 38.9 Å². The molecule has 0 saturated carbocycles. The fourth-order valence-electron chi connectivity index (χ4n) is 3.56. The molecule has 1 fully saturated rings. The lowest BCUT2D eigenvalue weighted by atomic mass is 9.90. The number of likely N-dealkylation sites (tertiary alicyclic amines) is 1. The van der Waals surface area contributed by atoms with Crippen LogP contribution in [0.2, 0.25) is 0 Å². The van der Waals surface area contributed by atoms with Crippen LogP contribution in [0.15, 0.2) is 54.6 Å². The summed E-state index contributed by atoms with van der Waals surface area (Å²) in [5.41, 5.74) is 1.79. The summed E-state index contributed by atoms with van der Waals surface area (Å²) in [5.74, 6) is 0.682. The Hall–Kier alpha value is -2.24. The number of hydrogen-bond acceptors (Lipinski definition) is 4. The smallest absolute Gasteiger partial charge is 0.270 e. The average molecular weight is 389 g/mol. The van der Waals surface area contributed by atoms with Crippen molar-refractivity contribution in [1.29, 1.82) is 0 Å². The quantitative estimate of drug-likeness (QED) is 0.396. The Labute approximate surface area is 165 Å². The third-order valence-electron chi connectivity index (χ3n) is 5.11. The third kappa shape index (κ3) is 6.15. The van der Waals surface area contributed by atoms with Crippen LogP contribution in [0.1, 0.15) is 35.2 Å². The highest BCUT2D eigenvalue weighted by molar-refractivity contribution is 5.96. The Morgan fingerprint density at radius 3 is 2.44 bits per heavy atom. The molecule has 0 unspecified atom stereocenters. The van der Waals surface area contributed by atoms with Gasteiger partial charge in [-0.1, -0.05) is 42.5 Å². The first-order chi connectivity index (χ1) is 12.6. The molecule has 144 valence electrons. The summed E-state index contributed by atoms with van der Waals surface area (Å²) in [6, 6.07) is 16.6. The molecule has 0 spiro atoms. The second-order valence-electron chi connectivity index (χ2n) is 6.96. The van der Waals surface area contributed by atoms with Crippen LogP contribution in [0.3, 0.4) is 0 Å². The Kier molecular flexibility index (Phi) is 7.95. The van der Waals surface area contributed by atoms with Crippen molar-refractivity contribution < 1.29 is 9.72 Å². The average Bonchev–Trinajstić information content (AvgIpc) is 2.68. The number of benzene rings is 2. The van der Waals surface area contributed by atoms with E-state index in [9.17, 15) is 14.9 Å². The molecule has 1 aliphatic heterocycles. The van der Waals surface area contributed by atoms with Gasteiger partial charge in [-0.15, -0.1) is 12.4 Å². The first kappa shape index (κ1) is 21.1. The molecular weight excluding hydrogens is 364 g/mol. The van der Waals surface area contributed by atoms with E-state index < -0.39 is 4.92 Å². The number of ketones is 1. The summed E-state index contributed by atoms with van der Waals surface area (Å²) >= 11 is 0. The highest BCUT2D eigenvalue weighted by Gasteiger charge is 2.20. The Balaban J connectivity index is 0.00000261. The lowest BCUT2D eigenvalue weighted by molar-refractivity contribution is -0.384. The molecule has 2 aromatic rings. The fraction of sp³-hybridized carbons (Fsp3) is 0.381. The van der Waals surface area contributed by atoms with Crippen LogP contribution in [0, 0.1) is 16.0 Å². The summed E-state index contributed by atoms with van der Waals surface area (Å²) < 4.78 is 0. The molecule has 1 aliphatic rings. The molecule has 0 aliphatic carbocycles. The minimum atomic E-state index is -0.464. The van der Waals surface area contributed by atoms with E-state index in [1.54, 1.807) is 12.1 Å². The van der Waals surface area contributed by atoms with E-state index in [-0.39, 0.29) is 23.9 Å². The van der Waals surface area contributed by atoms with Gasteiger partial charge < -0.3 is 4.90 Å². The van der Waals surface area contributed by atoms with E-state index in [0.29, 0.717) is 17.9 Å². The predicted molar refractivity (Wildman–Crippen MR) is 109 cm³/mol. The molecule has 0 bridgehead atoms. The number of carbonyl (C=O) groups is 1. The summed E-state index contributed by atoms with van der Waals surface area (Å²) in [4.78, 5) is 25.0. The number of nitro benzene ring substituents is 1. The van der Waals surface area contributed by atoms with E-state index in [1.165, 1.54) is 17.7 Å². The first-order valence-electron chi connectivity index (χ1n) is 9.16. The molecule has 27 heavy (non-hydrogen) atoms. The van der Waals surface area contributed by atoms with Gasteiger partial charge in [0.05, 0.1) is 4.92 Å². The number of nitrogens with zero attached hydrogens (tertiary/aromatic N) is 2. The zero-order valence-electron chi connectivity index (χ0n) is 15.3. The maximum Gasteiger partial charge on any atom is 0.270 e. The van der Waals surface area contributed by atoms with Crippen molar-refractivity contribution in [3.8, 4) is 0 Å². The minimum absolute atomic E-state index is 0. The minimum Gasteiger partial charge on any atom is -0.303 e. The van der Waals surface area contributed by atoms with Crippen LogP contribution >= 0.6 is 12.4 Å². The molecule has 0 radical (unpaired) electrons. The molecule has 0 N–H and O–H groups in total. The molecule has 1 heterocycles. The summed E-state index contributed by atoms with van der Waals surface area (Å²) in [6.45, 7) is 2.75. The van der Waals surface area contributed by atoms with Crippen LogP contribution in [0.25, 0.3) is 0 Å². The molecule has 5 nitrogen and oxygen atoms in total. The van der Waals surface area contributed by atoms with Crippen molar-refractivity contribution in [1.82, 2.24) is 4.90 Å². The van der Waals surface area contributed by atoms with Crippen LogP contribution in [-0.4, -0.2) is 35.2 Å². The first-order valence-corrected chi connectivity index (χ1v) is 9.16. The molecule has 0 aromatic heterocycles. The molecule has 2 aromatic carbocycles. The van der Waals surface area contributed by atoms with Crippen LogP contribution < -0.4 is 0 Å². The van der Waals surface area contributed by atoms with Gasteiger partial charge in [0.2, 0.25) is 0 Å². The second-order valence-corrected chi connectivity index (χ2v) is 6.96. The third-order valence-corrected chi connectivity index (χ3v) is 5.11. The number of non-ortho nitro benzene ring substituents is 1. The van der Waals surface area contributed by atoms with Gasteiger partial charge in [-0.2, -0.15) is 0 Å². The molecule has 1 saturated heterocycles. The van der Waals surface area contributed by atoms with Crippen LogP contribution in [0.4, 0.5) is 5.69 Å². The van der Waals surface area contributed by atoms with Gasteiger partial charge in [0.25, 0.3) is 5.69 Å². The van der Waals surface area contributed by atoms with Gasteiger partial charge in [0, 0.05) is 30.7 Å². The van der Waals surface area contributed by atoms with Crippen molar-refractivity contribution in [3.05, 3.63) is 75.8 Å². The van der Waals surface area contributed by atoms with E-state index in [4.69, 9.17) is 0 Å². The maximum atomic E-state index is 12.3. The van der Waals surface area contributed by atoms with Gasteiger partial charge in [-0.05, 0) is 43.8 Å². The Bertz CT molecular complexity index is 759. The number of nitro groups is 1. The standard InChI is InChI=1S/C21H24N2O3.ClH/c24-21(19-7-4-8-20(16-19)23(25)26)11-14-22-12-9-18(10-13-22)15-17-5-2-1-3-6-17;/h1-8,16,18H,9-15H2;1H. The van der Waals surface area contributed by atoms with Gasteiger partial charge in [-0.25, -0.2) is 0 Å². The van der Waals surface area contributed by atoms with E-state index in [2.05, 4.69) is 29.2 Å². The van der Waals surface area contributed by atoms with Crippen molar-refractivity contribution in [2.75, 3.05) is 19.6 Å². The molecule has 3 rings (SSSR count). The van der Waals surface area contributed by atoms with Crippen LogP contribution in [-0.2, 0) is 6.42 Å². The Morgan fingerprint density at radius 1 is 1.07 bits per heavy atom. The maximum absolute atomic E-state index is 12.3. The van der Waals surface area contributed by atoms with Crippen molar-refractivity contribution >= 4 is 23.9 Å². The van der Waals surface area contributed by atoms with E-state index in [1.807, 2.05) is 6.07 Å². The van der Waals surface area contributed by atoms with Crippen molar-refractivity contribution in [2.24, 2.45) is 5.92 Å². The number of halogens is 1. The van der Waals surface area contributed by atoms with E-state index >= 15 is 0 Å². The van der Waals surface area contributed by atoms with Gasteiger partial charge in [0.1, 0.15) is 0 Å². The molecule has 0 atom stereocenters. The number of hydrogen-bond donors (Lipinski definition) is 0. The lowest BCUT2D eigenvalue weighted by Crippen LogP contribution is -2.35. The topological polar surface area (TPSA) is 63.5 Å². The molecular formula is C21H25ClN2O3. The van der Waals surface area contributed by atoms with Crippen molar-refractivity contribution in [3.63, 3.8) is 0 Å². The largest absolute Gasteiger partial charge is 0.303 e. The van der Waals surface area contributed by atoms with Gasteiger partial charge in [-0.3, -0.25) is 14.9 Å². The zero-order chi connectivity index (χ0) is 18.4. The normalized spacial score (nSPS) is 15.1. The van der Waals surface area contributed by atoms with Gasteiger partial charge in [0.15, 0.2) is 5.78 Å². The summed E-state index contributed by atoms with van der Waals surface area (Å²) in [7, 11) is 0. The SMILES string of the molecule is Cl.O=C(CCN1CCC(Cc2ccccc2)CC1)c1cccc([N+](=O)[O-])c1. The van der Waals surface area contributed by atoms with Gasteiger partial charge >= 0.3 is 0 Å². The molecule has 0 amide bonds. The predicted octanol–water partition coefficient (Wildman–Crippen LogP) is 4.54. The number of Topliss-reactive ketones (excluding diaryl/α,β-unsaturated/α-hetero) is 1. The second kappa shape index (κ2) is 10.2. The summed E-state index contributed by atoms with van der Waals surface area (Å²) in [5, 5.41) is 10.8. The fourth-order valence-corrected chi connectivity index (χ4v) is 3.56. The number of rotatable bonds is 7. The lowest BCUT2D eigenvalue weighted by Gasteiger charge is -2.31. The summed E-state index contributed by atoms with van der Waals surface area (Å²) in [6.07, 6.45) is 3.84. The monoisotopic (exact) mass is 388 g/mol. The number of piperidine rings is 1. The highest BCUT2D eigenvalue weighted by Crippen LogP contribution is 2.22.